The molecular formula is C12H20Cl2N4O2. The fourth-order valence-corrected chi connectivity index (χ4v) is 1.34. The minimum absolute atomic E-state index is 0. The molecule has 0 aliphatic carbocycles. The highest BCUT2D eigenvalue weighted by Crippen LogP contribution is 2.03. The van der Waals surface area contributed by atoms with E-state index in [4.69, 9.17) is 5.73 Å². The van der Waals surface area contributed by atoms with Crippen LogP contribution < -0.4 is 16.4 Å². The van der Waals surface area contributed by atoms with Crippen molar-refractivity contribution in [2.45, 2.75) is 25.8 Å². The highest BCUT2D eigenvalue weighted by molar-refractivity contribution is 5.91. The van der Waals surface area contributed by atoms with E-state index in [2.05, 4.69) is 15.6 Å². The molecular weight excluding hydrogens is 303 g/mol. The molecule has 2 amide bonds. The van der Waals surface area contributed by atoms with E-state index in [0.29, 0.717) is 12.2 Å². The minimum atomic E-state index is -0.171. The maximum atomic E-state index is 11.5. The molecule has 1 atom stereocenters. The maximum Gasteiger partial charge on any atom is 0.226 e. The summed E-state index contributed by atoms with van der Waals surface area (Å²) < 4.78 is 0. The molecule has 6 nitrogen and oxygen atoms in total. The third-order valence-electron chi connectivity index (χ3n) is 2.15. The third-order valence-corrected chi connectivity index (χ3v) is 2.15. The van der Waals surface area contributed by atoms with Gasteiger partial charge < -0.3 is 16.4 Å². The zero-order chi connectivity index (χ0) is 13.4. The normalized spacial score (nSPS) is 10.5. The van der Waals surface area contributed by atoms with E-state index in [1.54, 1.807) is 31.5 Å². The van der Waals surface area contributed by atoms with Crippen LogP contribution in [0.2, 0.25) is 0 Å². The van der Waals surface area contributed by atoms with Crippen molar-refractivity contribution < 1.29 is 9.59 Å². The second-order valence-corrected chi connectivity index (χ2v) is 4.07. The van der Waals surface area contributed by atoms with Crippen LogP contribution in [0.25, 0.3) is 0 Å². The predicted molar refractivity (Wildman–Crippen MR) is 83.3 cm³/mol. The van der Waals surface area contributed by atoms with Gasteiger partial charge in [-0.2, -0.15) is 0 Å². The monoisotopic (exact) mass is 322 g/mol. The Morgan fingerprint density at radius 3 is 2.40 bits per heavy atom. The fraction of sp³-hybridized carbons (Fsp3) is 0.417. The van der Waals surface area contributed by atoms with Crippen LogP contribution in [0.3, 0.4) is 0 Å². The Balaban J connectivity index is 0. The summed E-state index contributed by atoms with van der Waals surface area (Å²) >= 11 is 0. The zero-order valence-electron chi connectivity index (χ0n) is 11.2. The topological polar surface area (TPSA) is 97.1 Å². The van der Waals surface area contributed by atoms with Crippen molar-refractivity contribution in [3.05, 3.63) is 24.5 Å². The number of carbonyl (C=O) groups excluding carboxylic acids is 2. The van der Waals surface area contributed by atoms with Gasteiger partial charge in [0.2, 0.25) is 11.8 Å². The molecule has 1 aromatic rings. The lowest BCUT2D eigenvalue weighted by Gasteiger charge is -2.07. The van der Waals surface area contributed by atoms with E-state index in [0.717, 1.165) is 0 Å². The maximum absolute atomic E-state index is 11.5. The first-order chi connectivity index (χ1) is 8.58. The molecule has 0 spiro atoms. The number of hydrogen-bond donors (Lipinski definition) is 3. The van der Waals surface area contributed by atoms with Gasteiger partial charge in [-0.05, 0) is 19.1 Å². The molecule has 1 rings (SSSR count). The Morgan fingerprint density at radius 2 is 1.85 bits per heavy atom. The first-order valence-electron chi connectivity index (χ1n) is 5.80. The number of nitrogens with two attached hydrogens (primary N) is 1. The number of halogens is 2. The average molecular weight is 323 g/mol. The lowest BCUT2D eigenvalue weighted by molar-refractivity contribution is -0.121. The van der Waals surface area contributed by atoms with Crippen molar-refractivity contribution in [3.8, 4) is 0 Å². The summed E-state index contributed by atoms with van der Waals surface area (Å²) in [6.07, 6.45) is 3.69. The summed E-state index contributed by atoms with van der Waals surface area (Å²) in [5.74, 6) is -0.288. The molecule has 4 N–H and O–H groups in total. The first kappa shape index (κ1) is 20.9. The summed E-state index contributed by atoms with van der Waals surface area (Å²) in [4.78, 5) is 26.6. The second-order valence-electron chi connectivity index (χ2n) is 4.07. The number of hydrogen-bond acceptors (Lipinski definition) is 4. The highest BCUT2D eigenvalue weighted by Gasteiger charge is 2.06. The van der Waals surface area contributed by atoms with Gasteiger partial charge >= 0.3 is 0 Å². The Hall–Kier alpha value is -1.37. The molecule has 1 heterocycles. The van der Waals surface area contributed by atoms with Crippen molar-refractivity contribution in [1.82, 2.24) is 10.3 Å². The van der Waals surface area contributed by atoms with Crippen LogP contribution in [0.4, 0.5) is 5.69 Å². The molecule has 20 heavy (non-hydrogen) atoms. The SMILES string of the molecule is CC(N)CC(=O)NCCC(=O)Nc1ccncc1.Cl.Cl. The number of amides is 2. The number of rotatable bonds is 6. The molecule has 0 aliphatic heterocycles. The number of pyridine rings is 1. The van der Waals surface area contributed by atoms with Gasteiger partial charge in [-0.3, -0.25) is 14.6 Å². The second kappa shape index (κ2) is 11.5. The van der Waals surface area contributed by atoms with Gasteiger partial charge in [0.1, 0.15) is 0 Å². The van der Waals surface area contributed by atoms with E-state index >= 15 is 0 Å². The van der Waals surface area contributed by atoms with Crippen LogP contribution in [0.15, 0.2) is 24.5 Å². The Labute approximate surface area is 130 Å². The molecule has 0 saturated heterocycles. The van der Waals surface area contributed by atoms with Crippen molar-refractivity contribution in [2.75, 3.05) is 11.9 Å². The summed E-state index contributed by atoms with van der Waals surface area (Å²) in [6, 6.07) is 3.23. The van der Waals surface area contributed by atoms with Gasteiger partial charge in [0.05, 0.1) is 0 Å². The summed E-state index contributed by atoms with van der Waals surface area (Å²) in [6.45, 7) is 2.07. The number of nitrogens with zero attached hydrogens (tertiary/aromatic N) is 1. The zero-order valence-corrected chi connectivity index (χ0v) is 12.8. The van der Waals surface area contributed by atoms with E-state index in [-0.39, 0.29) is 55.5 Å². The molecule has 0 aliphatic rings. The standard InChI is InChI=1S/C12H18N4O2.2ClH/c1-9(13)8-12(18)15-7-4-11(17)16-10-2-5-14-6-3-10;;/h2-3,5-6,9H,4,7-8,13H2,1H3,(H,15,18)(H,14,16,17);2*1H. The van der Waals surface area contributed by atoms with Crippen LogP contribution >= 0.6 is 24.8 Å². The number of aromatic nitrogens is 1. The molecule has 0 bridgehead atoms. The third kappa shape index (κ3) is 9.55. The van der Waals surface area contributed by atoms with Gasteiger partial charge in [-0.1, -0.05) is 0 Å². The van der Waals surface area contributed by atoms with Crippen LogP contribution in [0.5, 0.6) is 0 Å². The van der Waals surface area contributed by atoms with Crippen LogP contribution in [-0.2, 0) is 9.59 Å². The van der Waals surface area contributed by atoms with Crippen molar-refractivity contribution in [1.29, 1.82) is 0 Å². The van der Waals surface area contributed by atoms with Gasteiger partial charge in [0.25, 0.3) is 0 Å². The highest BCUT2D eigenvalue weighted by atomic mass is 35.5. The van der Waals surface area contributed by atoms with Gasteiger partial charge in [0.15, 0.2) is 0 Å². The molecule has 8 heteroatoms. The van der Waals surface area contributed by atoms with Crippen molar-refractivity contribution in [2.24, 2.45) is 5.73 Å². The van der Waals surface area contributed by atoms with Gasteiger partial charge in [-0.15, -0.1) is 24.8 Å². The average Bonchev–Trinajstić information content (AvgIpc) is 2.29. The van der Waals surface area contributed by atoms with Crippen LogP contribution in [0, 0.1) is 0 Å². The van der Waals surface area contributed by atoms with E-state index < -0.39 is 0 Å². The van der Waals surface area contributed by atoms with Crippen LogP contribution in [0.1, 0.15) is 19.8 Å². The molecule has 1 aromatic heterocycles. The number of nitrogens with one attached hydrogen (secondary N) is 2. The van der Waals surface area contributed by atoms with Crippen LogP contribution in [-0.4, -0.2) is 29.4 Å². The Kier molecular flexibility index (Phi) is 12.0. The number of anilines is 1. The predicted octanol–water partition coefficient (Wildman–Crippen LogP) is 1.11. The van der Waals surface area contributed by atoms with E-state index in [9.17, 15) is 9.59 Å². The summed E-state index contributed by atoms with van der Waals surface area (Å²) in [7, 11) is 0. The fourth-order valence-electron chi connectivity index (χ4n) is 1.34. The molecule has 0 aromatic carbocycles. The van der Waals surface area contributed by atoms with Gasteiger partial charge in [-0.25, -0.2) is 0 Å². The van der Waals surface area contributed by atoms with Crippen molar-refractivity contribution in [3.63, 3.8) is 0 Å². The summed E-state index contributed by atoms with van der Waals surface area (Å²) in [5, 5.41) is 5.34. The molecule has 0 fully saturated rings. The molecule has 0 radical (unpaired) electrons. The Morgan fingerprint density at radius 1 is 1.25 bits per heavy atom. The molecule has 1 unspecified atom stereocenters. The quantitative estimate of drug-likeness (QED) is 0.730. The smallest absolute Gasteiger partial charge is 0.226 e. The number of carbonyl (C=O) groups is 2. The lowest BCUT2D eigenvalue weighted by Crippen LogP contribution is -2.32. The summed E-state index contributed by atoms with van der Waals surface area (Å²) in [5.41, 5.74) is 6.17. The van der Waals surface area contributed by atoms with Gasteiger partial charge in [0, 0.05) is 43.5 Å². The molecule has 114 valence electrons. The Bertz CT molecular complexity index is 402. The first-order valence-corrected chi connectivity index (χ1v) is 5.80. The largest absolute Gasteiger partial charge is 0.356 e. The van der Waals surface area contributed by atoms with Crippen molar-refractivity contribution >= 4 is 42.3 Å². The van der Waals surface area contributed by atoms with E-state index in [1.807, 2.05) is 0 Å². The minimum Gasteiger partial charge on any atom is -0.356 e. The molecule has 0 saturated carbocycles. The van der Waals surface area contributed by atoms with E-state index in [1.165, 1.54) is 0 Å². The lowest BCUT2D eigenvalue weighted by atomic mass is 10.2.